The second-order valence-corrected chi connectivity index (χ2v) is 2.66. The minimum absolute atomic E-state index is 0.0318. The third-order valence-electron chi connectivity index (χ3n) is 1.63. The Labute approximate surface area is 82.1 Å². The van der Waals surface area contributed by atoms with Crippen molar-refractivity contribution in [1.82, 2.24) is 0 Å². The zero-order valence-corrected chi connectivity index (χ0v) is 7.31. The Morgan fingerprint density at radius 2 is 1.93 bits per heavy atom. The summed E-state index contributed by atoms with van der Waals surface area (Å²) in [5, 5.41) is 8.69. The maximum Gasteiger partial charge on any atom is 0.573 e. The molecule has 7 heteroatoms. The summed E-state index contributed by atoms with van der Waals surface area (Å²) in [7, 11) is 0. The molecule has 3 N–H and O–H groups in total. The average molecular weight is 225 g/mol. The van der Waals surface area contributed by atoms with Crippen LogP contribution in [0.2, 0.25) is 0 Å². The minimum atomic E-state index is -5.02. The van der Waals surface area contributed by atoms with Gasteiger partial charge in [0.1, 0.15) is 0 Å². The van der Waals surface area contributed by atoms with E-state index in [0.717, 1.165) is 12.1 Å². The highest BCUT2D eigenvalue weighted by atomic mass is 19.4. The van der Waals surface area contributed by atoms with Crippen molar-refractivity contribution in [2.24, 2.45) is 0 Å². The van der Waals surface area contributed by atoms with Crippen LogP contribution in [0.3, 0.4) is 0 Å². The molecule has 84 valence electrons. The van der Waals surface area contributed by atoms with Crippen LogP contribution in [-0.4, -0.2) is 11.5 Å². The molecule has 0 aliphatic heterocycles. The van der Waals surface area contributed by atoms with Crippen molar-refractivity contribution in [3.63, 3.8) is 0 Å². The number of hydrogen-bond acceptors (Lipinski definition) is 3. The predicted octanol–water partition coefficient (Wildman–Crippen LogP) is 1.80. The summed E-state index contributed by atoms with van der Waals surface area (Å²) in [6, 6.07) is 1.82. The van der Waals surface area contributed by atoms with E-state index in [1.807, 2.05) is 0 Å². The summed E-state index contributed by atoms with van der Waals surface area (Å²) < 4.78 is 51.8. The van der Waals surface area contributed by atoms with Crippen molar-refractivity contribution >= 4 is 5.69 Å². The second-order valence-electron chi connectivity index (χ2n) is 2.66. The van der Waals surface area contributed by atoms with Crippen LogP contribution < -0.4 is 10.5 Å². The molecule has 0 fully saturated rings. The first-order chi connectivity index (χ1) is 6.85. The van der Waals surface area contributed by atoms with Crippen LogP contribution in [0.1, 0.15) is 5.56 Å². The molecule has 0 aliphatic carbocycles. The molecular weight excluding hydrogens is 218 g/mol. The maximum atomic E-state index is 12.9. The summed E-state index contributed by atoms with van der Waals surface area (Å²) >= 11 is 0. The van der Waals surface area contributed by atoms with Gasteiger partial charge in [0, 0.05) is 5.56 Å². The van der Waals surface area contributed by atoms with Gasteiger partial charge < -0.3 is 15.6 Å². The molecule has 0 bridgehead atoms. The average Bonchev–Trinajstić information content (AvgIpc) is 2.11. The number of nitrogens with two attached hydrogens (primary N) is 1. The Kier molecular flexibility index (Phi) is 3.04. The number of aliphatic hydroxyl groups is 1. The van der Waals surface area contributed by atoms with E-state index in [0.29, 0.717) is 0 Å². The van der Waals surface area contributed by atoms with E-state index in [1.165, 1.54) is 0 Å². The predicted molar refractivity (Wildman–Crippen MR) is 43.4 cm³/mol. The number of rotatable bonds is 2. The van der Waals surface area contributed by atoms with Gasteiger partial charge >= 0.3 is 6.36 Å². The first-order valence-electron chi connectivity index (χ1n) is 3.78. The zero-order chi connectivity index (χ0) is 11.6. The first kappa shape index (κ1) is 11.6. The Hall–Kier alpha value is -1.50. The fraction of sp³-hybridized carbons (Fsp3) is 0.250. The number of ether oxygens (including phenoxy) is 1. The van der Waals surface area contributed by atoms with Gasteiger partial charge in [-0.1, -0.05) is 6.07 Å². The fourth-order valence-electron chi connectivity index (χ4n) is 0.971. The molecule has 0 atom stereocenters. The van der Waals surface area contributed by atoms with Gasteiger partial charge in [-0.15, -0.1) is 13.2 Å². The Morgan fingerprint density at radius 1 is 1.33 bits per heavy atom. The lowest BCUT2D eigenvalue weighted by Gasteiger charge is -2.13. The van der Waals surface area contributed by atoms with Crippen molar-refractivity contribution in [1.29, 1.82) is 0 Å². The van der Waals surface area contributed by atoms with Crippen molar-refractivity contribution in [3.05, 3.63) is 23.5 Å². The summed E-state index contributed by atoms with van der Waals surface area (Å²) in [5.41, 5.74) is 4.58. The number of hydrogen-bond donors (Lipinski definition) is 2. The van der Waals surface area contributed by atoms with Gasteiger partial charge in [-0.2, -0.15) is 0 Å². The number of aliphatic hydroxyl groups excluding tert-OH is 1. The molecule has 1 aromatic rings. The van der Waals surface area contributed by atoms with Crippen LogP contribution >= 0.6 is 0 Å². The number of anilines is 1. The lowest BCUT2D eigenvalue weighted by molar-refractivity contribution is -0.275. The highest BCUT2D eigenvalue weighted by molar-refractivity contribution is 5.59. The standard InChI is InChI=1S/C8H7F4NO2/c9-5-2-1-4(3-14)6(13)7(5)15-8(10,11)12/h1-2,14H,3,13H2. The molecule has 0 aliphatic rings. The molecule has 1 aromatic carbocycles. The summed E-state index contributed by atoms with van der Waals surface area (Å²) in [4.78, 5) is 0. The first-order valence-corrected chi connectivity index (χ1v) is 3.78. The monoisotopic (exact) mass is 225 g/mol. The van der Waals surface area contributed by atoms with Crippen LogP contribution in [-0.2, 0) is 6.61 Å². The van der Waals surface area contributed by atoms with Crippen LogP contribution in [0.4, 0.5) is 23.2 Å². The molecule has 15 heavy (non-hydrogen) atoms. The van der Waals surface area contributed by atoms with Crippen LogP contribution in [0.15, 0.2) is 12.1 Å². The van der Waals surface area contributed by atoms with Gasteiger partial charge in [0.2, 0.25) is 0 Å². The normalized spacial score (nSPS) is 11.5. The van der Waals surface area contributed by atoms with E-state index < -0.39 is 30.2 Å². The van der Waals surface area contributed by atoms with Crippen molar-refractivity contribution in [2.45, 2.75) is 13.0 Å². The Morgan fingerprint density at radius 3 is 2.40 bits per heavy atom. The fourth-order valence-corrected chi connectivity index (χ4v) is 0.971. The van der Waals surface area contributed by atoms with Gasteiger partial charge in [-0.3, -0.25) is 0 Å². The van der Waals surface area contributed by atoms with E-state index in [4.69, 9.17) is 10.8 Å². The zero-order valence-electron chi connectivity index (χ0n) is 7.31. The van der Waals surface area contributed by atoms with Gasteiger partial charge in [0.25, 0.3) is 0 Å². The van der Waals surface area contributed by atoms with Crippen LogP contribution in [0.5, 0.6) is 5.75 Å². The summed E-state index contributed by atoms with van der Waals surface area (Å²) in [6.07, 6.45) is -5.02. The lowest BCUT2D eigenvalue weighted by atomic mass is 10.1. The smallest absolute Gasteiger partial charge is 0.400 e. The van der Waals surface area contributed by atoms with Crippen molar-refractivity contribution < 1.29 is 27.4 Å². The topological polar surface area (TPSA) is 55.5 Å². The second kappa shape index (κ2) is 3.93. The molecular formula is C8H7F4NO2. The van der Waals surface area contributed by atoms with Crippen LogP contribution in [0, 0.1) is 5.82 Å². The molecule has 0 amide bonds. The van der Waals surface area contributed by atoms with E-state index in [2.05, 4.69) is 4.74 Å². The molecule has 0 aromatic heterocycles. The molecule has 0 unspecified atom stereocenters. The van der Waals surface area contributed by atoms with E-state index in [1.54, 1.807) is 0 Å². The molecule has 0 heterocycles. The van der Waals surface area contributed by atoms with Gasteiger partial charge in [0.05, 0.1) is 12.3 Å². The van der Waals surface area contributed by atoms with Crippen molar-refractivity contribution in [2.75, 3.05) is 5.73 Å². The third-order valence-corrected chi connectivity index (χ3v) is 1.63. The molecule has 0 saturated heterocycles. The molecule has 1 rings (SSSR count). The van der Waals surface area contributed by atoms with Gasteiger partial charge in [-0.25, -0.2) is 4.39 Å². The number of alkyl halides is 3. The number of halogens is 4. The number of nitrogen functional groups attached to an aromatic ring is 1. The lowest BCUT2D eigenvalue weighted by Crippen LogP contribution is -2.19. The highest BCUT2D eigenvalue weighted by Gasteiger charge is 2.33. The van der Waals surface area contributed by atoms with Crippen molar-refractivity contribution in [3.8, 4) is 5.75 Å². The summed E-state index contributed by atoms with van der Waals surface area (Å²) in [5.74, 6) is -2.35. The van der Waals surface area contributed by atoms with Crippen LogP contribution in [0.25, 0.3) is 0 Å². The van der Waals surface area contributed by atoms with E-state index in [9.17, 15) is 17.6 Å². The highest BCUT2D eigenvalue weighted by Crippen LogP contribution is 2.33. The molecule has 3 nitrogen and oxygen atoms in total. The van der Waals surface area contributed by atoms with E-state index >= 15 is 0 Å². The quantitative estimate of drug-likeness (QED) is 0.596. The largest absolute Gasteiger partial charge is 0.573 e. The van der Waals surface area contributed by atoms with Gasteiger partial charge in [0.15, 0.2) is 11.6 Å². The molecule has 0 spiro atoms. The third kappa shape index (κ3) is 2.72. The summed E-state index contributed by atoms with van der Waals surface area (Å²) in [6.45, 7) is -0.597. The number of benzene rings is 1. The molecule has 0 radical (unpaired) electrons. The van der Waals surface area contributed by atoms with E-state index in [-0.39, 0.29) is 5.56 Å². The van der Waals surface area contributed by atoms with Gasteiger partial charge in [-0.05, 0) is 6.07 Å². The maximum absolute atomic E-state index is 12.9. The Balaban J connectivity index is 3.15. The molecule has 0 saturated carbocycles. The minimum Gasteiger partial charge on any atom is -0.400 e. The SMILES string of the molecule is Nc1c(CO)ccc(F)c1OC(F)(F)F. The Bertz CT molecular complexity index is 364.